The van der Waals surface area contributed by atoms with E-state index in [2.05, 4.69) is 20.1 Å². The maximum Gasteiger partial charge on any atom is 0.101 e. The first-order valence-corrected chi connectivity index (χ1v) is 4.53. The molecule has 0 nitrogen and oxygen atoms in total. The molecule has 0 aromatic heterocycles. The predicted molar refractivity (Wildman–Crippen MR) is 53.0 cm³/mol. The lowest BCUT2D eigenvalue weighted by Crippen LogP contribution is -1.95. The molecule has 0 saturated carbocycles. The number of halogens is 1. The van der Waals surface area contributed by atoms with Gasteiger partial charge in [-0.25, -0.2) is 4.39 Å². The molecular weight excluding hydrogens is 151 g/mol. The minimum atomic E-state index is -0.771. The largest absolute Gasteiger partial charge is 0.247 e. The lowest BCUT2D eigenvalue weighted by molar-refractivity contribution is 0.358. The summed E-state index contributed by atoms with van der Waals surface area (Å²) in [5.41, 5.74) is 2.13. The van der Waals surface area contributed by atoms with E-state index in [4.69, 9.17) is 0 Å². The van der Waals surface area contributed by atoms with Crippen LogP contribution in [0.5, 0.6) is 0 Å². The smallest absolute Gasteiger partial charge is 0.101 e. The maximum atomic E-state index is 12.5. The normalized spacial score (nSPS) is 12.6. The van der Waals surface area contributed by atoms with Gasteiger partial charge in [-0.3, -0.25) is 0 Å². The lowest BCUT2D eigenvalue weighted by atomic mass is 10.0. The summed E-state index contributed by atoms with van der Waals surface area (Å²) >= 11 is 0. The molecule has 0 N–H and O–H groups in total. The highest BCUT2D eigenvalue weighted by Crippen LogP contribution is 2.17. The SMILES string of the molecule is C=C(CCC)CC(=C)CC(C)F. The Morgan fingerprint density at radius 3 is 2.33 bits per heavy atom. The molecule has 0 amide bonds. The maximum absolute atomic E-state index is 12.5. The van der Waals surface area contributed by atoms with E-state index < -0.39 is 6.17 Å². The average molecular weight is 170 g/mol. The van der Waals surface area contributed by atoms with E-state index in [1.807, 2.05) is 0 Å². The number of hydrogen-bond acceptors (Lipinski definition) is 0. The molecule has 0 aromatic rings. The van der Waals surface area contributed by atoms with Crippen LogP contribution in [0.25, 0.3) is 0 Å². The van der Waals surface area contributed by atoms with Gasteiger partial charge in [0.25, 0.3) is 0 Å². The van der Waals surface area contributed by atoms with E-state index >= 15 is 0 Å². The van der Waals surface area contributed by atoms with Gasteiger partial charge in [0.1, 0.15) is 6.17 Å². The van der Waals surface area contributed by atoms with Crippen LogP contribution in [0.2, 0.25) is 0 Å². The Hall–Kier alpha value is -0.590. The minimum absolute atomic E-state index is 0.475. The second-order valence-corrected chi connectivity index (χ2v) is 3.41. The Labute approximate surface area is 75.2 Å². The van der Waals surface area contributed by atoms with Crippen molar-refractivity contribution in [2.45, 2.75) is 45.7 Å². The van der Waals surface area contributed by atoms with Crippen LogP contribution in [0.4, 0.5) is 4.39 Å². The number of alkyl halides is 1. The standard InChI is InChI=1S/C11H19F/c1-5-6-9(2)7-10(3)8-11(4)12/h11H,2-3,5-8H2,1,4H3. The van der Waals surface area contributed by atoms with Crippen molar-refractivity contribution in [3.63, 3.8) is 0 Å². The molecule has 0 bridgehead atoms. The Morgan fingerprint density at radius 1 is 1.33 bits per heavy atom. The highest BCUT2D eigenvalue weighted by molar-refractivity contribution is 5.09. The molecule has 0 aromatic carbocycles. The summed E-state index contributed by atoms with van der Waals surface area (Å²) in [5.74, 6) is 0. The summed E-state index contributed by atoms with van der Waals surface area (Å²) in [4.78, 5) is 0. The number of allylic oxidation sites excluding steroid dienone is 2. The fourth-order valence-corrected chi connectivity index (χ4v) is 1.27. The molecule has 0 fully saturated rings. The van der Waals surface area contributed by atoms with Crippen molar-refractivity contribution in [2.24, 2.45) is 0 Å². The van der Waals surface area contributed by atoms with Gasteiger partial charge >= 0.3 is 0 Å². The van der Waals surface area contributed by atoms with Crippen LogP contribution in [-0.4, -0.2) is 6.17 Å². The van der Waals surface area contributed by atoms with Crippen molar-refractivity contribution in [1.82, 2.24) is 0 Å². The molecule has 1 heteroatoms. The van der Waals surface area contributed by atoms with Gasteiger partial charge in [-0.05, 0) is 26.2 Å². The third kappa shape index (κ3) is 6.14. The summed E-state index contributed by atoms with van der Waals surface area (Å²) in [7, 11) is 0. The first kappa shape index (κ1) is 11.4. The van der Waals surface area contributed by atoms with Crippen molar-refractivity contribution < 1.29 is 4.39 Å². The van der Waals surface area contributed by atoms with Crippen LogP contribution < -0.4 is 0 Å². The summed E-state index contributed by atoms with van der Waals surface area (Å²) in [6.45, 7) is 11.4. The third-order valence-corrected chi connectivity index (χ3v) is 1.67. The molecule has 12 heavy (non-hydrogen) atoms. The van der Waals surface area contributed by atoms with E-state index in [0.717, 1.165) is 24.8 Å². The van der Waals surface area contributed by atoms with Crippen molar-refractivity contribution in [3.8, 4) is 0 Å². The van der Waals surface area contributed by atoms with Crippen LogP contribution >= 0.6 is 0 Å². The summed E-state index contributed by atoms with van der Waals surface area (Å²) in [6.07, 6.45) is 2.63. The lowest BCUT2D eigenvalue weighted by Gasteiger charge is -2.07. The predicted octanol–water partition coefficient (Wildman–Crippen LogP) is 4.04. The zero-order chi connectivity index (χ0) is 9.56. The topological polar surface area (TPSA) is 0 Å². The molecule has 0 aliphatic rings. The van der Waals surface area contributed by atoms with Crippen LogP contribution in [0.15, 0.2) is 24.3 Å². The molecule has 70 valence electrons. The number of hydrogen-bond donors (Lipinski definition) is 0. The Balaban J connectivity index is 3.62. The summed E-state index contributed by atoms with van der Waals surface area (Å²) in [6, 6.07) is 0. The molecule has 0 aliphatic heterocycles. The monoisotopic (exact) mass is 170 g/mol. The molecule has 0 spiro atoms. The van der Waals surface area contributed by atoms with Gasteiger partial charge in [0.15, 0.2) is 0 Å². The van der Waals surface area contributed by atoms with Gasteiger partial charge in [0.05, 0.1) is 0 Å². The van der Waals surface area contributed by atoms with Crippen molar-refractivity contribution >= 4 is 0 Å². The molecule has 0 aliphatic carbocycles. The molecule has 0 heterocycles. The van der Waals surface area contributed by atoms with E-state index in [-0.39, 0.29) is 0 Å². The van der Waals surface area contributed by atoms with Crippen molar-refractivity contribution in [2.75, 3.05) is 0 Å². The first-order valence-electron chi connectivity index (χ1n) is 4.53. The Kier molecular flexibility index (Phi) is 5.69. The summed E-state index contributed by atoms with van der Waals surface area (Å²) in [5, 5.41) is 0. The molecule has 0 radical (unpaired) electrons. The fourth-order valence-electron chi connectivity index (χ4n) is 1.27. The van der Waals surface area contributed by atoms with Crippen LogP contribution in [-0.2, 0) is 0 Å². The van der Waals surface area contributed by atoms with Gasteiger partial charge in [-0.1, -0.05) is 37.6 Å². The molecule has 1 atom stereocenters. The van der Waals surface area contributed by atoms with Crippen LogP contribution in [0.1, 0.15) is 39.5 Å². The summed E-state index contributed by atoms with van der Waals surface area (Å²) < 4.78 is 12.5. The molecule has 1 unspecified atom stereocenters. The number of rotatable bonds is 6. The quantitative estimate of drug-likeness (QED) is 0.528. The Bertz CT molecular complexity index is 156. The second-order valence-electron chi connectivity index (χ2n) is 3.41. The fraction of sp³-hybridized carbons (Fsp3) is 0.636. The van der Waals surface area contributed by atoms with Crippen molar-refractivity contribution in [1.29, 1.82) is 0 Å². The van der Waals surface area contributed by atoms with E-state index in [0.29, 0.717) is 6.42 Å². The highest BCUT2D eigenvalue weighted by atomic mass is 19.1. The minimum Gasteiger partial charge on any atom is -0.247 e. The Morgan fingerprint density at radius 2 is 1.92 bits per heavy atom. The van der Waals surface area contributed by atoms with Gasteiger partial charge in [0.2, 0.25) is 0 Å². The second kappa shape index (κ2) is 5.99. The zero-order valence-corrected chi connectivity index (χ0v) is 8.20. The van der Waals surface area contributed by atoms with Crippen molar-refractivity contribution in [3.05, 3.63) is 24.3 Å². The van der Waals surface area contributed by atoms with Crippen LogP contribution in [0, 0.1) is 0 Å². The van der Waals surface area contributed by atoms with E-state index in [1.54, 1.807) is 6.92 Å². The molecule has 0 saturated heterocycles. The van der Waals surface area contributed by atoms with Gasteiger partial charge in [-0.2, -0.15) is 0 Å². The van der Waals surface area contributed by atoms with E-state index in [9.17, 15) is 4.39 Å². The zero-order valence-electron chi connectivity index (χ0n) is 8.20. The third-order valence-electron chi connectivity index (χ3n) is 1.67. The molecular formula is C11H19F. The van der Waals surface area contributed by atoms with Gasteiger partial charge in [0, 0.05) is 0 Å². The van der Waals surface area contributed by atoms with Crippen LogP contribution in [0.3, 0.4) is 0 Å². The average Bonchev–Trinajstić information content (AvgIpc) is 1.84. The van der Waals surface area contributed by atoms with E-state index in [1.165, 1.54) is 5.57 Å². The van der Waals surface area contributed by atoms with Gasteiger partial charge < -0.3 is 0 Å². The first-order chi connectivity index (χ1) is 5.56. The molecule has 0 rings (SSSR count). The highest BCUT2D eigenvalue weighted by Gasteiger charge is 2.02. The van der Waals surface area contributed by atoms with Gasteiger partial charge in [-0.15, -0.1) is 0 Å².